The lowest BCUT2D eigenvalue weighted by atomic mass is 10.0. The molecule has 0 radical (unpaired) electrons. The number of hydrogen-bond donors (Lipinski definition) is 3. The molecule has 1 amide bonds. The molecule has 0 aliphatic heterocycles. The summed E-state index contributed by atoms with van der Waals surface area (Å²) in [5.74, 6) is -0.256. The van der Waals surface area contributed by atoms with Gasteiger partial charge in [0.2, 0.25) is 5.56 Å². The number of aromatic amines is 1. The second-order valence-corrected chi connectivity index (χ2v) is 4.28. The summed E-state index contributed by atoms with van der Waals surface area (Å²) >= 11 is 0. The summed E-state index contributed by atoms with van der Waals surface area (Å²) in [5.41, 5.74) is 0.760. The van der Waals surface area contributed by atoms with Crippen LogP contribution in [0.15, 0.2) is 16.9 Å². The zero-order chi connectivity index (χ0) is 13.0. The lowest BCUT2D eigenvalue weighted by molar-refractivity contribution is 0.0915. The molecule has 0 aliphatic carbocycles. The predicted molar refractivity (Wildman–Crippen MR) is 65.0 cm³/mol. The second kappa shape index (κ2) is 5.63. The fourth-order valence-electron chi connectivity index (χ4n) is 1.41. The van der Waals surface area contributed by atoms with Crippen LogP contribution in [-0.2, 0) is 0 Å². The molecular weight excluding hydrogens is 220 g/mol. The molecule has 1 aromatic rings. The third-order valence-corrected chi connectivity index (χ3v) is 2.86. The Hall–Kier alpha value is -1.62. The largest absolute Gasteiger partial charge is 0.396 e. The summed E-state index contributed by atoms with van der Waals surface area (Å²) in [6.45, 7) is 5.38. The third kappa shape index (κ3) is 3.42. The molecule has 0 bridgehead atoms. The summed E-state index contributed by atoms with van der Waals surface area (Å²) in [6.07, 6.45) is 0. The molecule has 1 heterocycles. The highest BCUT2D eigenvalue weighted by molar-refractivity contribution is 5.95. The molecule has 3 N–H and O–H groups in total. The van der Waals surface area contributed by atoms with Gasteiger partial charge in [0, 0.05) is 24.4 Å². The number of aliphatic hydroxyl groups excluding tert-OH is 1. The molecule has 0 fully saturated rings. The van der Waals surface area contributed by atoms with Gasteiger partial charge in [-0.3, -0.25) is 9.59 Å². The maximum Gasteiger partial charge on any atom is 0.253 e. The SMILES string of the molecule is Cc1[nH]c(=O)ccc1C(=O)NC(C)C(C)CO. The number of aliphatic hydroxyl groups is 1. The van der Waals surface area contributed by atoms with Crippen LogP contribution in [0, 0.1) is 12.8 Å². The highest BCUT2D eigenvalue weighted by atomic mass is 16.3. The minimum absolute atomic E-state index is 0.0120. The van der Waals surface area contributed by atoms with Gasteiger partial charge in [0.25, 0.3) is 5.91 Å². The smallest absolute Gasteiger partial charge is 0.253 e. The minimum atomic E-state index is -0.244. The number of pyridine rings is 1. The molecule has 17 heavy (non-hydrogen) atoms. The zero-order valence-corrected chi connectivity index (χ0v) is 10.3. The number of carbonyl (C=O) groups excluding carboxylic acids is 1. The molecule has 1 aromatic heterocycles. The van der Waals surface area contributed by atoms with E-state index >= 15 is 0 Å². The summed E-state index contributed by atoms with van der Waals surface area (Å²) in [4.78, 5) is 25.5. The van der Waals surface area contributed by atoms with Crippen molar-refractivity contribution in [1.29, 1.82) is 0 Å². The molecule has 0 aromatic carbocycles. The van der Waals surface area contributed by atoms with Gasteiger partial charge in [-0.2, -0.15) is 0 Å². The van der Waals surface area contributed by atoms with Crippen molar-refractivity contribution < 1.29 is 9.90 Å². The van der Waals surface area contributed by atoms with Crippen molar-refractivity contribution in [2.24, 2.45) is 5.92 Å². The van der Waals surface area contributed by atoms with Crippen LogP contribution in [0.4, 0.5) is 0 Å². The Morgan fingerprint density at radius 2 is 2.12 bits per heavy atom. The van der Waals surface area contributed by atoms with E-state index in [2.05, 4.69) is 10.3 Å². The number of hydrogen-bond acceptors (Lipinski definition) is 3. The van der Waals surface area contributed by atoms with Gasteiger partial charge in [-0.25, -0.2) is 0 Å². The van der Waals surface area contributed by atoms with E-state index in [0.717, 1.165) is 0 Å². The Labute approximate surface area is 99.9 Å². The van der Waals surface area contributed by atoms with Crippen molar-refractivity contribution >= 4 is 5.91 Å². The first kappa shape index (κ1) is 13.4. The molecule has 2 atom stereocenters. The summed E-state index contributed by atoms with van der Waals surface area (Å²) < 4.78 is 0. The molecule has 0 saturated carbocycles. The van der Waals surface area contributed by atoms with Crippen LogP contribution in [-0.4, -0.2) is 28.6 Å². The number of carbonyl (C=O) groups is 1. The Balaban J connectivity index is 2.80. The monoisotopic (exact) mass is 238 g/mol. The lowest BCUT2D eigenvalue weighted by Gasteiger charge is -2.19. The van der Waals surface area contributed by atoms with Gasteiger partial charge in [-0.15, -0.1) is 0 Å². The standard InChI is InChI=1S/C12H18N2O3/c1-7(6-15)8(2)14-12(17)10-4-5-11(16)13-9(10)3/h4-5,7-8,15H,6H2,1-3H3,(H,13,16)(H,14,17). The first-order valence-electron chi connectivity index (χ1n) is 5.57. The third-order valence-electron chi connectivity index (χ3n) is 2.86. The normalized spacial score (nSPS) is 14.1. The maximum atomic E-state index is 11.9. The van der Waals surface area contributed by atoms with Crippen LogP contribution in [0.25, 0.3) is 0 Å². The van der Waals surface area contributed by atoms with Crippen LogP contribution in [0.1, 0.15) is 29.9 Å². The average Bonchev–Trinajstić information content (AvgIpc) is 2.27. The highest BCUT2D eigenvalue weighted by Gasteiger charge is 2.16. The Bertz CT molecular complexity index is 453. The first-order chi connectivity index (χ1) is 7.95. The Morgan fingerprint density at radius 1 is 1.47 bits per heavy atom. The Morgan fingerprint density at radius 3 is 2.65 bits per heavy atom. The summed E-state index contributed by atoms with van der Waals surface area (Å²) in [7, 11) is 0. The quantitative estimate of drug-likeness (QED) is 0.711. The molecule has 0 saturated heterocycles. The number of nitrogens with one attached hydrogen (secondary N) is 2. The van der Waals surface area contributed by atoms with E-state index in [0.29, 0.717) is 11.3 Å². The summed E-state index contributed by atoms with van der Waals surface area (Å²) in [5, 5.41) is 11.8. The van der Waals surface area contributed by atoms with Crippen LogP contribution < -0.4 is 10.9 Å². The molecule has 5 heteroatoms. The van der Waals surface area contributed by atoms with Crippen molar-refractivity contribution in [2.45, 2.75) is 26.8 Å². The molecule has 0 spiro atoms. The van der Waals surface area contributed by atoms with Crippen LogP contribution in [0.3, 0.4) is 0 Å². The zero-order valence-electron chi connectivity index (χ0n) is 10.3. The maximum absolute atomic E-state index is 11.9. The van der Waals surface area contributed by atoms with Gasteiger partial charge in [-0.1, -0.05) is 6.92 Å². The molecular formula is C12H18N2O3. The van der Waals surface area contributed by atoms with Crippen molar-refractivity contribution in [2.75, 3.05) is 6.61 Å². The Kier molecular flexibility index (Phi) is 4.45. The van der Waals surface area contributed by atoms with Crippen LogP contribution in [0.5, 0.6) is 0 Å². The number of H-pyrrole nitrogens is 1. The highest BCUT2D eigenvalue weighted by Crippen LogP contribution is 2.05. The first-order valence-corrected chi connectivity index (χ1v) is 5.57. The second-order valence-electron chi connectivity index (χ2n) is 4.28. The molecule has 0 aliphatic rings. The van der Waals surface area contributed by atoms with E-state index in [1.807, 2.05) is 13.8 Å². The van der Waals surface area contributed by atoms with Crippen molar-refractivity contribution in [3.63, 3.8) is 0 Å². The van der Waals surface area contributed by atoms with Crippen LogP contribution in [0.2, 0.25) is 0 Å². The van der Waals surface area contributed by atoms with Crippen molar-refractivity contribution in [3.05, 3.63) is 33.7 Å². The fourth-order valence-corrected chi connectivity index (χ4v) is 1.41. The van der Waals surface area contributed by atoms with Crippen molar-refractivity contribution in [1.82, 2.24) is 10.3 Å². The van der Waals surface area contributed by atoms with Gasteiger partial charge >= 0.3 is 0 Å². The van der Waals surface area contributed by atoms with Gasteiger partial charge in [-0.05, 0) is 25.8 Å². The molecule has 94 valence electrons. The molecule has 5 nitrogen and oxygen atoms in total. The number of rotatable bonds is 4. The van der Waals surface area contributed by atoms with E-state index in [1.165, 1.54) is 12.1 Å². The van der Waals surface area contributed by atoms with Crippen molar-refractivity contribution in [3.8, 4) is 0 Å². The topological polar surface area (TPSA) is 82.2 Å². The number of aryl methyl sites for hydroxylation is 1. The minimum Gasteiger partial charge on any atom is -0.396 e. The average molecular weight is 238 g/mol. The van der Waals surface area contributed by atoms with Gasteiger partial charge in [0.15, 0.2) is 0 Å². The van der Waals surface area contributed by atoms with E-state index in [-0.39, 0.29) is 30.0 Å². The fraction of sp³-hybridized carbons (Fsp3) is 0.500. The summed E-state index contributed by atoms with van der Waals surface area (Å²) in [6, 6.07) is 2.70. The number of amides is 1. The van der Waals surface area contributed by atoms with E-state index in [1.54, 1.807) is 6.92 Å². The van der Waals surface area contributed by atoms with Crippen LogP contribution >= 0.6 is 0 Å². The van der Waals surface area contributed by atoms with E-state index in [9.17, 15) is 9.59 Å². The van der Waals surface area contributed by atoms with E-state index in [4.69, 9.17) is 5.11 Å². The van der Waals surface area contributed by atoms with Gasteiger partial charge < -0.3 is 15.4 Å². The molecule has 2 unspecified atom stereocenters. The van der Waals surface area contributed by atoms with E-state index < -0.39 is 0 Å². The predicted octanol–water partition coefficient (Wildman–Crippen LogP) is 0.430. The van der Waals surface area contributed by atoms with Gasteiger partial charge in [0.1, 0.15) is 0 Å². The molecule has 1 rings (SSSR count). The lowest BCUT2D eigenvalue weighted by Crippen LogP contribution is -2.38. The number of aromatic nitrogens is 1. The van der Waals surface area contributed by atoms with Gasteiger partial charge in [0.05, 0.1) is 5.56 Å².